The highest BCUT2D eigenvalue weighted by Crippen LogP contribution is 2.30. The number of methoxy groups -OCH3 is 1. The Morgan fingerprint density at radius 2 is 1.83 bits per heavy atom. The summed E-state index contributed by atoms with van der Waals surface area (Å²) in [6.45, 7) is 6.39. The Bertz CT molecular complexity index is 1180. The summed E-state index contributed by atoms with van der Waals surface area (Å²) in [7, 11) is 1.55. The van der Waals surface area contributed by atoms with Gasteiger partial charge in [0, 0.05) is 12.5 Å². The van der Waals surface area contributed by atoms with Gasteiger partial charge in [0.2, 0.25) is 5.91 Å². The Morgan fingerprint density at radius 3 is 2.53 bits per heavy atom. The van der Waals surface area contributed by atoms with Crippen LogP contribution in [0, 0.1) is 20.8 Å². The fourth-order valence-electron chi connectivity index (χ4n) is 3.42. The molecule has 0 saturated carbocycles. The molecule has 1 heterocycles. The van der Waals surface area contributed by atoms with E-state index in [1.807, 2.05) is 51.1 Å². The maximum Gasteiger partial charge on any atom is 0.330 e. The first-order valence-corrected chi connectivity index (χ1v) is 11.8. The van der Waals surface area contributed by atoms with Crippen LogP contribution >= 0.6 is 0 Å². The van der Waals surface area contributed by atoms with Gasteiger partial charge in [-0.25, -0.2) is 4.79 Å². The Hall–Kier alpha value is -4.07. The van der Waals surface area contributed by atoms with Crippen molar-refractivity contribution in [2.24, 2.45) is 0 Å². The summed E-state index contributed by atoms with van der Waals surface area (Å²) in [4.78, 5) is 24.0. The van der Waals surface area contributed by atoms with E-state index in [4.69, 9.17) is 18.7 Å². The summed E-state index contributed by atoms with van der Waals surface area (Å²) in [6.07, 6.45) is 4.01. The van der Waals surface area contributed by atoms with Crippen molar-refractivity contribution in [2.75, 3.05) is 20.3 Å². The van der Waals surface area contributed by atoms with E-state index in [1.54, 1.807) is 25.3 Å². The first-order valence-electron chi connectivity index (χ1n) is 11.8. The quantitative estimate of drug-likeness (QED) is 0.226. The number of benzene rings is 2. The number of aryl methyl sites for hydroxylation is 4. The van der Waals surface area contributed by atoms with Crippen molar-refractivity contribution in [1.29, 1.82) is 0 Å². The maximum absolute atomic E-state index is 12.0. The molecule has 0 fully saturated rings. The molecule has 0 radical (unpaired) electrons. The highest BCUT2D eigenvalue weighted by Gasteiger charge is 2.12. The first-order chi connectivity index (χ1) is 17.4. The number of carbonyl (C=O) groups excluding carboxylic acids is 2. The zero-order chi connectivity index (χ0) is 25.9. The second kappa shape index (κ2) is 13.1. The molecule has 3 aromatic rings. The van der Waals surface area contributed by atoms with Crippen molar-refractivity contribution in [1.82, 2.24) is 10.5 Å². The van der Waals surface area contributed by atoms with Crippen LogP contribution in [-0.2, 0) is 27.4 Å². The summed E-state index contributed by atoms with van der Waals surface area (Å²) in [5, 5.41) is 6.69. The summed E-state index contributed by atoms with van der Waals surface area (Å²) in [6, 6.07) is 13.4. The number of nitrogens with zero attached hydrogens (tertiary/aromatic N) is 1. The molecule has 0 unspecified atom stereocenters. The van der Waals surface area contributed by atoms with Crippen LogP contribution in [0.5, 0.6) is 11.5 Å². The largest absolute Gasteiger partial charge is 0.493 e. The van der Waals surface area contributed by atoms with Gasteiger partial charge in [-0.1, -0.05) is 41.1 Å². The Balaban J connectivity index is 1.39. The third-order valence-corrected chi connectivity index (χ3v) is 5.58. The van der Waals surface area contributed by atoms with Gasteiger partial charge in [0.25, 0.3) is 0 Å². The molecule has 0 aliphatic carbocycles. The van der Waals surface area contributed by atoms with Gasteiger partial charge in [0.15, 0.2) is 11.5 Å². The lowest BCUT2D eigenvalue weighted by Gasteiger charge is -2.11. The zero-order valence-corrected chi connectivity index (χ0v) is 21.1. The minimum Gasteiger partial charge on any atom is -0.493 e. The standard InChI is InChI=1S/C28H32N2O6/c1-19-5-7-22(8-6-19)10-13-27(31)29-15-16-34-28(32)14-11-23-9-12-25(26(17-23)33-4)35-18-24-20(2)30-36-21(24)3/h5-9,11-12,14,17H,10,13,15-16,18H2,1-4H3,(H,29,31)/b14-11+. The van der Waals surface area contributed by atoms with Crippen molar-refractivity contribution >= 4 is 18.0 Å². The van der Waals surface area contributed by atoms with Gasteiger partial charge in [-0.15, -0.1) is 0 Å². The minimum absolute atomic E-state index is 0.0778. The lowest BCUT2D eigenvalue weighted by molar-refractivity contribution is -0.138. The molecule has 190 valence electrons. The molecule has 8 nitrogen and oxygen atoms in total. The Morgan fingerprint density at radius 1 is 1.06 bits per heavy atom. The van der Waals surface area contributed by atoms with E-state index in [0.29, 0.717) is 36.7 Å². The van der Waals surface area contributed by atoms with Gasteiger partial charge in [-0.2, -0.15) is 0 Å². The van der Waals surface area contributed by atoms with Crippen LogP contribution in [-0.4, -0.2) is 37.3 Å². The number of rotatable bonds is 12. The van der Waals surface area contributed by atoms with Gasteiger partial charge < -0.3 is 24.1 Å². The number of nitrogens with one attached hydrogen (secondary N) is 1. The third-order valence-electron chi connectivity index (χ3n) is 5.58. The smallest absolute Gasteiger partial charge is 0.330 e. The average Bonchev–Trinajstić information content (AvgIpc) is 3.20. The molecule has 0 atom stereocenters. The normalized spacial score (nSPS) is 10.9. The Labute approximate surface area is 211 Å². The predicted molar refractivity (Wildman–Crippen MR) is 136 cm³/mol. The van der Waals surface area contributed by atoms with E-state index in [2.05, 4.69) is 10.5 Å². The molecule has 3 rings (SSSR count). The molecule has 0 aliphatic heterocycles. The fraction of sp³-hybridized carbons (Fsp3) is 0.321. The van der Waals surface area contributed by atoms with Crippen molar-refractivity contribution in [3.63, 3.8) is 0 Å². The first kappa shape index (κ1) is 26.5. The predicted octanol–water partition coefficient (Wildman–Crippen LogP) is 4.49. The van der Waals surface area contributed by atoms with Crippen LogP contribution in [0.1, 0.15) is 40.1 Å². The van der Waals surface area contributed by atoms with Crippen molar-refractivity contribution in [3.8, 4) is 11.5 Å². The lowest BCUT2D eigenvalue weighted by Crippen LogP contribution is -2.28. The van der Waals surface area contributed by atoms with Crippen LogP contribution in [0.2, 0.25) is 0 Å². The summed E-state index contributed by atoms with van der Waals surface area (Å²) in [5.41, 5.74) is 4.73. The van der Waals surface area contributed by atoms with E-state index in [-0.39, 0.29) is 19.1 Å². The number of aromatic nitrogens is 1. The molecule has 0 aliphatic rings. The van der Waals surface area contributed by atoms with Gasteiger partial charge in [-0.05, 0) is 56.5 Å². The van der Waals surface area contributed by atoms with Crippen molar-refractivity contribution < 1.29 is 28.3 Å². The summed E-state index contributed by atoms with van der Waals surface area (Å²) >= 11 is 0. The molecule has 0 saturated heterocycles. The van der Waals surface area contributed by atoms with Crippen LogP contribution in [0.15, 0.2) is 53.1 Å². The molecule has 1 aromatic heterocycles. The van der Waals surface area contributed by atoms with Crippen LogP contribution in [0.4, 0.5) is 0 Å². The second-order valence-electron chi connectivity index (χ2n) is 8.34. The number of carbonyl (C=O) groups is 2. The molecule has 0 bridgehead atoms. The van der Waals surface area contributed by atoms with E-state index in [9.17, 15) is 9.59 Å². The van der Waals surface area contributed by atoms with Gasteiger partial charge >= 0.3 is 5.97 Å². The number of ether oxygens (including phenoxy) is 3. The molecular weight excluding hydrogens is 460 g/mol. The number of hydrogen-bond acceptors (Lipinski definition) is 7. The van der Waals surface area contributed by atoms with E-state index in [1.165, 1.54) is 11.6 Å². The minimum atomic E-state index is -0.499. The van der Waals surface area contributed by atoms with Crippen LogP contribution < -0.4 is 14.8 Å². The zero-order valence-electron chi connectivity index (χ0n) is 21.1. The maximum atomic E-state index is 12.0. The molecule has 36 heavy (non-hydrogen) atoms. The van der Waals surface area contributed by atoms with E-state index < -0.39 is 5.97 Å². The highest BCUT2D eigenvalue weighted by atomic mass is 16.5. The second-order valence-corrected chi connectivity index (χ2v) is 8.34. The van der Waals surface area contributed by atoms with Crippen molar-refractivity contribution in [3.05, 3.63) is 82.2 Å². The van der Waals surface area contributed by atoms with Crippen LogP contribution in [0.25, 0.3) is 6.08 Å². The van der Waals surface area contributed by atoms with Gasteiger partial charge in [0.1, 0.15) is 19.0 Å². The summed E-state index contributed by atoms with van der Waals surface area (Å²) < 4.78 is 21.6. The molecule has 1 amide bonds. The molecular formula is C28H32N2O6. The number of amides is 1. The van der Waals surface area contributed by atoms with Gasteiger partial charge in [0.05, 0.1) is 24.9 Å². The van der Waals surface area contributed by atoms with Gasteiger partial charge in [-0.3, -0.25) is 4.79 Å². The monoisotopic (exact) mass is 492 g/mol. The Kier molecular flexibility index (Phi) is 9.68. The van der Waals surface area contributed by atoms with E-state index >= 15 is 0 Å². The fourth-order valence-corrected chi connectivity index (χ4v) is 3.42. The summed E-state index contributed by atoms with van der Waals surface area (Å²) in [5.74, 6) is 1.24. The third kappa shape index (κ3) is 8.01. The molecule has 0 spiro atoms. The van der Waals surface area contributed by atoms with E-state index in [0.717, 1.165) is 22.4 Å². The molecule has 1 N–H and O–H groups in total. The topological polar surface area (TPSA) is 99.9 Å². The lowest BCUT2D eigenvalue weighted by atomic mass is 10.1. The molecule has 8 heteroatoms. The number of esters is 1. The highest BCUT2D eigenvalue weighted by molar-refractivity contribution is 5.87. The van der Waals surface area contributed by atoms with Crippen LogP contribution in [0.3, 0.4) is 0 Å². The number of hydrogen-bond donors (Lipinski definition) is 1. The average molecular weight is 493 g/mol. The van der Waals surface area contributed by atoms with Crippen molar-refractivity contribution in [2.45, 2.75) is 40.2 Å². The molecule has 2 aromatic carbocycles. The SMILES string of the molecule is COc1cc(/C=C/C(=O)OCCNC(=O)CCc2ccc(C)cc2)ccc1OCc1c(C)noc1C.